The minimum Gasteiger partial charge on any atom is -0.467 e. The molecule has 4 heteroatoms. The largest absolute Gasteiger partial charge is 0.467 e. The molecular weight excluding hydrogens is 350 g/mol. The van der Waals surface area contributed by atoms with Crippen LogP contribution in [0.3, 0.4) is 0 Å². The Morgan fingerprint density at radius 1 is 0.929 bits per heavy atom. The van der Waals surface area contributed by atoms with Crippen molar-refractivity contribution < 1.29 is 14.3 Å². The minimum absolute atomic E-state index is 0.280. The molecule has 0 bridgehead atoms. The summed E-state index contributed by atoms with van der Waals surface area (Å²) in [5.41, 5.74) is 4.85. The summed E-state index contributed by atoms with van der Waals surface area (Å²) in [6.45, 7) is 4.13. The molecule has 0 radical (unpaired) electrons. The molecule has 4 rings (SSSR count). The fourth-order valence-corrected chi connectivity index (χ4v) is 4.03. The molecule has 0 aliphatic carbocycles. The van der Waals surface area contributed by atoms with Gasteiger partial charge in [0.25, 0.3) is 5.91 Å². The Bertz CT molecular complexity index is 1100. The number of methoxy groups -OCH3 is 1. The fourth-order valence-electron chi connectivity index (χ4n) is 4.03. The van der Waals surface area contributed by atoms with Gasteiger partial charge in [-0.2, -0.15) is 0 Å². The number of fused-ring (bicyclic) bond motifs is 1. The molecule has 0 spiro atoms. The Balaban J connectivity index is 1.93. The summed E-state index contributed by atoms with van der Waals surface area (Å²) in [6.07, 6.45) is 0. The maximum Gasteiger partial charge on any atom is 0.341 e. The number of carbonyl (C=O) groups excluding carboxylic acids is 2. The molecule has 1 heterocycles. The molecule has 140 valence electrons. The second kappa shape index (κ2) is 6.64. The zero-order chi connectivity index (χ0) is 19.9. The van der Waals surface area contributed by atoms with E-state index >= 15 is 0 Å². The van der Waals surface area contributed by atoms with Crippen LogP contribution < -0.4 is 5.32 Å². The number of benzene rings is 3. The number of nitrogens with one attached hydrogen (secondary N) is 1. The third-order valence-electron chi connectivity index (χ3n) is 5.36. The first-order valence-corrected chi connectivity index (χ1v) is 9.16. The van der Waals surface area contributed by atoms with Crippen molar-refractivity contribution in [2.45, 2.75) is 19.4 Å². The lowest BCUT2D eigenvalue weighted by Crippen LogP contribution is -2.48. The van der Waals surface area contributed by atoms with Gasteiger partial charge in [-0.1, -0.05) is 60.2 Å². The van der Waals surface area contributed by atoms with E-state index in [9.17, 15) is 9.59 Å². The first-order chi connectivity index (χ1) is 13.5. The smallest absolute Gasteiger partial charge is 0.341 e. The lowest BCUT2D eigenvalue weighted by atomic mass is 9.82. The van der Waals surface area contributed by atoms with Crippen molar-refractivity contribution in [3.63, 3.8) is 0 Å². The van der Waals surface area contributed by atoms with Crippen LogP contribution in [0.25, 0.3) is 11.1 Å². The van der Waals surface area contributed by atoms with Gasteiger partial charge in [-0.15, -0.1) is 0 Å². The molecule has 3 aromatic carbocycles. The van der Waals surface area contributed by atoms with Crippen LogP contribution in [0.4, 0.5) is 0 Å². The molecule has 1 aliphatic heterocycles. The normalized spacial score (nSPS) is 17.8. The van der Waals surface area contributed by atoms with Crippen LogP contribution in [-0.2, 0) is 15.1 Å². The number of rotatable bonds is 3. The Hall–Kier alpha value is -3.40. The van der Waals surface area contributed by atoms with Crippen LogP contribution in [0.1, 0.15) is 32.6 Å². The molecule has 1 aliphatic rings. The van der Waals surface area contributed by atoms with Crippen LogP contribution in [-0.4, -0.2) is 19.0 Å². The quantitative estimate of drug-likeness (QED) is 0.705. The zero-order valence-electron chi connectivity index (χ0n) is 16.1. The number of hydrogen-bond donors (Lipinski definition) is 1. The number of aryl methyl sites for hydroxylation is 2. The van der Waals surface area contributed by atoms with Gasteiger partial charge in [-0.25, -0.2) is 4.79 Å². The van der Waals surface area contributed by atoms with E-state index in [0.29, 0.717) is 16.7 Å². The van der Waals surface area contributed by atoms with Crippen molar-refractivity contribution in [1.29, 1.82) is 0 Å². The second-order valence-electron chi connectivity index (χ2n) is 7.14. The average molecular weight is 371 g/mol. The lowest BCUT2D eigenvalue weighted by Gasteiger charge is -2.28. The molecule has 0 saturated carbocycles. The second-order valence-corrected chi connectivity index (χ2v) is 7.14. The van der Waals surface area contributed by atoms with Crippen molar-refractivity contribution in [1.82, 2.24) is 5.32 Å². The SMILES string of the molecule is COC(=O)C1(c2cccc(-c3ccc(C)cc3C)c2)NC(=O)c2ccccc21. The Kier molecular flexibility index (Phi) is 4.27. The summed E-state index contributed by atoms with van der Waals surface area (Å²) in [5, 5.41) is 2.89. The van der Waals surface area contributed by atoms with Gasteiger partial charge >= 0.3 is 5.97 Å². The Labute approximate surface area is 164 Å². The molecule has 1 amide bonds. The number of amides is 1. The molecule has 0 aromatic heterocycles. The summed E-state index contributed by atoms with van der Waals surface area (Å²) in [5.74, 6) is -0.790. The van der Waals surface area contributed by atoms with Gasteiger partial charge in [0.15, 0.2) is 5.54 Å². The number of ether oxygens (including phenoxy) is 1. The van der Waals surface area contributed by atoms with E-state index in [-0.39, 0.29) is 5.91 Å². The third-order valence-corrected chi connectivity index (χ3v) is 5.36. The highest BCUT2D eigenvalue weighted by molar-refractivity contribution is 6.07. The van der Waals surface area contributed by atoms with E-state index in [0.717, 1.165) is 16.7 Å². The molecule has 0 fully saturated rings. The van der Waals surface area contributed by atoms with E-state index in [1.165, 1.54) is 12.7 Å². The molecule has 1 atom stereocenters. The minimum atomic E-state index is -1.35. The zero-order valence-corrected chi connectivity index (χ0v) is 16.1. The fraction of sp³-hybridized carbons (Fsp3) is 0.167. The highest BCUT2D eigenvalue weighted by atomic mass is 16.5. The van der Waals surface area contributed by atoms with Crippen molar-refractivity contribution in [3.05, 3.63) is 94.5 Å². The standard InChI is InChI=1S/C24H21NO3/c1-15-11-12-19(16(2)13-15)17-7-6-8-18(14-17)24(23(27)28-3)21-10-5-4-9-20(21)22(26)25-24/h4-14H,1-3H3,(H,25,26). The predicted molar refractivity (Wildman–Crippen MR) is 108 cm³/mol. The highest BCUT2D eigenvalue weighted by Crippen LogP contribution is 2.39. The van der Waals surface area contributed by atoms with Crippen LogP contribution >= 0.6 is 0 Å². The maximum atomic E-state index is 13.0. The monoisotopic (exact) mass is 371 g/mol. The van der Waals surface area contributed by atoms with Gasteiger partial charge in [-0.3, -0.25) is 4.79 Å². The lowest BCUT2D eigenvalue weighted by molar-refractivity contribution is -0.146. The highest BCUT2D eigenvalue weighted by Gasteiger charge is 2.51. The first-order valence-electron chi connectivity index (χ1n) is 9.16. The molecule has 1 unspecified atom stereocenters. The molecule has 4 nitrogen and oxygen atoms in total. The van der Waals surface area contributed by atoms with E-state index in [2.05, 4.69) is 37.4 Å². The Morgan fingerprint density at radius 3 is 2.46 bits per heavy atom. The van der Waals surface area contributed by atoms with Gasteiger partial charge in [0.1, 0.15) is 0 Å². The van der Waals surface area contributed by atoms with Crippen molar-refractivity contribution in [2.24, 2.45) is 0 Å². The van der Waals surface area contributed by atoms with Gasteiger partial charge in [0.2, 0.25) is 0 Å². The molecule has 28 heavy (non-hydrogen) atoms. The summed E-state index contributed by atoms with van der Waals surface area (Å²) in [7, 11) is 1.34. The molecular formula is C24H21NO3. The van der Waals surface area contributed by atoms with Crippen LogP contribution in [0.5, 0.6) is 0 Å². The Morgan fingerprint density at radius 2 is 1.71 bits per heavy atom. The average Bonchev–Trinajstić information content (AvgIpc) is 3.01. The molecule has 0 saturated heterocycles. The van der Waals surface area contributed by atoms with Gasteiger partial charge in [0, 0.05) is 11.1 Å². The maximum absolute atomic E-state index is 13.0. The number of carbonyl (C=O) groups is 2. The van der Waals surface area contributed by atoms with Gasteiger partial charge in [-0.05, 0) is 48.2 Å². The molecule has 3 aromatic rings. The van der Waals surface area contributed by atoms with Crippen LogP contribution in [0, 0.1) is 13.8 Å². The van der Waals surface area contributed by atoms with E-state index in [1.807, 2.05) is 30.3 Å². The van der Waals surface area contributed by atoms with Crippen LogP contribution in [0.2, 0.25) is 0 Å². The number of esters is 1. The predicted octanol–water partition coefficient (Wildman–Crippen LogP) is 4.13. The van der Waals surface area contributed by atoms with Crippen molar-refractivity contribution in [3.8, 4) is 11.1 Å². The third kappa shape index (κ3) is 2.61. The van der Waals surface area contributed by atoms with Crippen molar-refractivity contribution >= 4 is 11.9 Å². The summed E-state index contributed by atoms with van der Waals surface area (Å²) in [4.78, 5) is 25.6. The molecule has 1 N–H and O–H groups in total. The first kappa shape index (κ1) is 18.0. The van der Waals surface area contributed by atoms with E-state index in [1.54, 1.807) is 18.2 Å². The summed E-state index contributed by atoms with van der Waals surface area (Å²) < 4.78 is 5.13. The van der Waals surface area contributed by atoms with Crippen molar-refractivity contribution in [2.75, 3.05) is 7.11 Å². The van der Waals surface area contributed by atoms with Crippen LogP contribution in [0.15, 0.2) is 66.7 Å². The van der Waals surface area contributed by atoms with Gasteiger partial charge < -0.3 is 10.1 Å². The number of hydrogen-bond acceptors (Lipinski definition) is 3. The van der Waals surface area contributed by atoms with Gasteiger partial charge in [0.05, 0.1) is 7.11 Å². The van der Waals surface area contributed by atoms with E-state index in [4.69, 9.17) is 4.74 Å². The summed E-state index contributed by atoms with van der Waals surface area (Å²) >= 11 is 0. The summed E-state index contributed by atoms with van der Waals surface area (Å²) in [6, 6.07) is 21.1. The van der Waals surface area contributed by atoms with E-state index < -0.39 is 11.5 Å². The topological polar surface area (TPSA) is 55.4 Å².